The molecule has 0 saturated carbocycles. The van der Waals surface area contributed by atoms with Crippen molar-refractivity contribution in [1.29, 1.82) is 0 Å². The molecule has 0 aliphatic heterocycles. The number of hydrogen-bond donors (Lipinski definition) is 1. The normalized spacial score (nSPS) is 10.3. The van der Waals surface area contributed by atoms with Gasteiger partial charge in [-0.2, -0.15) is 0 Å². The summed E-state index contributed by atoms with van der Waals surface area (Å²) in [6.45, 7) is 0. The Kier molecular flexibility index (Phi) is 2.88. The maximum atomic E-state index is 11.5. The highest BCUT2D eigenvalue weighted by Crippen LogP contribution is 2.27. The van der Waals surface area contributed by atoms with E-state index in [9.17, 15) is 4.79 Å². The minimum atomic E-state index is -0.222. The monoisotopic (exact) mass is 284 g/mol. The quantitative estimate of drug-likeness (QED) is 0.876. The van der Waals surface area contributed by atoms with E-state index in [1.165, 1.54) is 12.4 Å². The molecule has 0 unspecified atom stereocenters. The number of H-pyrrole nitrogens is 1. The van der Waals surface area contributed by atoms with Crippen molar-refractivity contribution in [2.45, 2.75) is 0 Å². The number of aromatic amines is 1. The summed E-state index contributed by atoms with van der Waals surface area (Å²) in [6, 6.07) is 5.20. The largest absolute Gasteiger partial charge is 0.326 e. The van der Waals surface area contributed by atoms with Crippen LogP contribution in [-0.4, -0.2) is 9.97 Å². The average molecular weight is 286 g/mol. The van der Waals surface area contributed by atoms with Crippen LogP contribution in [0.4, 0.5) is 0 Å². The maximum Gasteiger partial charge on any atom is 0.274 e. The molecule has 15 heavy (non-hydrogen) atoms. The van der Waals surface area contributed by atoms with Gasteiger partial charge in [0.15, 0.2) is 0 Å². The van der Waals surface area contributed by atoms with Crippen molar-refractivity contribution in [3.8, 4) is 11.3 Å². The van der Waals surface area contributed by atoms with Gasteiger partial charge < -0.3 is 4.98 Å². The minimum Gasteiger partial charge on any atom is -0.326 e. The standard InChI is InChI=1S/C10H6BrClN2O/c11-8-5-6(12)1-2-7(8)9-10(15)14-4-3-13-9/h1-5H,(H,14,15). The highest BCUT2D eigenvalue weighted by Gasteiger charge is 2.08. The van der Waals surface area contributed by atoms with Crippen LogP contribution in [0.5, 0.6) is 0 Å². The molecule has 0 bridgehead atoms. The highest BCUT2D eigenvalue weighted by atomic mass is 79.9. The first-order chi connectivity index (χ1) is 7.18. The number of hydrogen-bond acceptors (Lipinski definition) is 2. The van der Waals surface area contributed by atoms with Gasteiger partial charge in [0.2, 0.25) is 0 Å². The van der Waals surface area contributed by atoms with Gasteiger partial charge in [-0.25, -0.2) is 4.98 Å². The molecule has 2 aromatic rings. The smallest absolute Gasteiger partial charge is 0.274 e. The van der Waals surface area contributed by atoms with Gasteiger partial charge in [0.25, 0.3) is 5.56 Å². The second-order valence-electron chi connectivity index (χ2n) is 2.89. The molecule has 0 aliphatic rings. The van der Waals surface area contributed by atoms with Crippen molar-refractivity contribution in [3.63, 3.8) is 0 Å². The fourth-order valence-electron chi connectivity index (χ4n) is 1.23. The van der Waals surface area contributed by atoms with Crippen LogP contribution in [0, 0.1) is 0 Å². The van der Waals surface area contributed by atoms with Gasteiger partial charge >= 0.3 is 0 Å². The van der Waals surface area contributed by atoms with E-state index in [2.05, 4.69) is 25.9 Å². The number of aromatic nitrogens is 2. The molecule has 0 fully saturated rings. The lowest BCUT2D eigenvalue weighted by atomic mass is 10.1. The van der Waals surface area contributed by atoms with Crippen molar-refractivity contribution in [1.82, 2.24) is 9.97 Å². The molecule has 0 saturated heterocycles. The molecular weight excluding hydrogens is 279 g/mol. The number of benzene rings is 1. The molecule has 0 amide bonds. The second kappa shape index (κ2) is 4.16. The zero-order valence-corrected chi connectivity index (χ0v) is 9.84. The Morgan fingerprint density at radius 2 is 2.20 bits per heavy atom. The lowest BCUT2D eigenvalue weighted by molar-refractivity contribution is 1.14. The van der Waals surface area contributed by atoms with Crippen molar-refractivity contribution >= 4 is 27.5 Å². The number of nitrogens with one attached hydrogen (secondary N) is 1. The van der Waals surface area contributed by atoms with Crippen LogP contribution in [0.15, 0.2) is 39.9 Å². The first kappa shape index (κ1) is 10.4. The summed E-state index contributed by atoms with van der Waals surface area (Å²) in [6.07, 6.45) is 3.04. The zero-order chi connectivity index (χ0) is 10.8. The van der Waals surface area contributed by atoms with Crippen LogP contribution in [-0.2, 0) is 0 Å². The minimum absolute atomic E-state index is 0.222. The van der Waals surface area contributed by atoms with Crippen molar-refractivity contribution in [2.75, 3.05) is 0 Å². The Balaban J connectivity index is 2.65. The van der Waals surface area contributed by atoms with Gasteiger partial charge in [0.05, 0.1) is 0 Å². The second-order valence-corrected chi connectivity index (χ2v) is 4.18. The summed E-state index contributed by atoms with van der Waals surface area (Å²) < 4.78 is 0.749. The van der Waals surface area contributed by atoms with Crippen LogP contribution in [0.1, 0.15) is 0 Å². The van der Waals surface area contributed by atoms with E-state index >= 15 is 0 Å². The third-order valence-corrected chi connectivity index (χ3v) is 2.79. The third kappa shape index (κ3) is 2.11. The van der Waals surface area contributed by atoms with Crippen LogP contribution in [0.25, 0.3) is 11.3 Å². The number of halogens is 2. The topological polar surface area (TPSA) is 45.8 Å². The first-order valence-corrected chi connectivity index (χ1v) is 5.34. The van der Waals surface area contributed by atoms with Crippen LogP contribution in [0.3, 0.4) is 0 Å². The van der Waals surface area contributed by atoms with E-state index in [1.807, 2.05) is 0 Å². The first-order valence-electron chi connectivity index (χ1n) is 4.17. The molecule has 0 spiro atoms. The molecule has 1 aromatic carbocycles. The Morgan fingerprint density at radius 3 is 2.87 bits per heavy atom. The van der Waals surface area contributed by atoms with Gasteiger partial charge in [0, 0.05) is 27.5 Å². The lowest BCUT2D eigenvalue weighted by Crippen LogP contribution is -2.09. The molecule has 0 atom stereocenters. The molecule has 3 nitrogen and oxygen atoms in total. The number of nitrogens with zero attached hydrogens (tertiary/aromatic N) is 1. The highest BCUT2D eigenvalue weighted by molar-refractivity contribution is 9.10. The molecule has 5 heteroatoms. The van der Waals surface area contributed by atoms with Gasteiger partial charge in [-0.15, -0.1) is 0 Å². The van der Waals surface area contributed by atoms with Crippen molar-refractivity contribution in [3.05, 3.63) is 50.4 Å². The fourth-order valence-corrected chi connectivity index (χ4v) is 2.10. The fraction of sp³-hybridized carbons (Fsp3) is 0. The Morgan fingerprint density at radius 1 is 1.40 bits per heavy atom. The third-order valence-electron chi connectivity index (χ3n) is 1.89. The van der Waals surface area contributed by atoms with E-state index in [0.29, 0.717) is 10.7 Å². The Hall–Kier alpha value is -1.13. The summed E-state index contributed by atoms with van der Waals surface area (Å²) in [5.41, 5.74) is 0.878. The molecule has 1 heterocycles. The van der Waals surface area contributed by atoms with Gasteiger partial charge in [-0.3, -0.25) is 4.79 Å². The van der Waals surface area contributed by atoms with E-state index in [0.717, 1.165) is 10.0 Å². The SMILES string of the molecule is O=c1[nH]ccnc1-c1ccc(Cl)cc1Br. The molecule has 2 rings (SSSR count). The summed E-state index contributed by atoms with van der Waals surface area (Å²) in [5.74, 6) is 0. The molecule has 76 valence electrons. The van der Waals surface area contributed by atoms with E-state index < -0.39 is 0 Å². The zero-order valence-electron chi connectivity index (χ0n) is 7.50. The summed E-state index contributed by atoms with van der Waals surface area (Å²) in [4.78, 5) is 18.1. The molecule has 1 aromatic heterocycles. The summed E-state index contributed by atoms with van der Waals surface area (Å²) in [7, 11) is 0. The average Bonchev–Trinajstić information content (AvgIpc) is 2.20. The van der Waals surface area contributed by atoms with Gasteiger partial charge in [-0.05, 0) is 18.2 Å². The summed E-state index contributed by atoms with van der Waals surface area (Å²) in [5, 5.41) is 0.609. The van der Waals surface area contributed by atoms with E-state index in [1.54, 1.807) is 18.2 Å². The molecule has 1 N–H and O–H groups in total. The van der Waals surface area contributed by atoms with Crippen LogP contribution < -0.4 is 5.56 Å². The van der Waals surface area contributed by atoms with E-state index in [-0.39, 0.29) is 5.56 Å². The van der Waals surface area contributed by atoms with Crippen LogP contribution >= 0.6 is 27.5 Å². The van der Waals surface area contributed by atoms with Crippen molar-refractivity contribution in [2.24, 2.45) is 0 Å². The van der Waals surface area contributed by atoms with Crippen LogP contribution in [0.2, 0.25) is 5.02 Å². The molecule has 0 radical (unpaired) electrons. The molecule has 0 aliphatic carbocycles. The van der Waals surface area contributed by atoms with E-state index in [4.69, 9.17) is 11.6 Å². The molecular formula is C10H6BrClN2O. The number of rotatable bonds is 1. The predicted octanol–water partition coefficient (Wildman–Crippen LogP) is 2.85. The maximum absolute atomic E-state index is 11.5. The Bertz CT molecular complexity index is 553. The van der Waals surface area contributed by atoms with Gasteiger partial charge in [-0.1, -0.05) is 27.5 Å². The van der Waals surface area contributed by atoms with Gasteiger partial charge in [0.1, 0.15) is 5.69 Å². The summed E-state index contributed by atoms with van der Waals surface area (Å²) >= 11 is 9.15. The predicted molar refractivity (Wildman–Crippen MR) is 63.0 cm³/mol. The lowest BCUT2D eigenvalue weighted by Gasteiger charge is -2.02. The van der Waals surface area contributed by atoms with Crippen molar-refractivity contribution < 1.29 is 0 Å². The Labute approximate surface area is 99.3 Å².